The molecule has 0 aliphatic heterocycles. The van der Waals surface area contributed by atoms with Crippen LogP contribution in [0.15, 0.2) is 12.1 Å². The normalized spacial score (nSPS) is 10.1. The zero-order valence-corrected chi connectivity index (χ0v) is 10.1. The first-order chi connectivity index (χ1) is 7.95. The fourth-order valence-electron chi connectivity index (χ4n) is 1.54. The summed E-state index contributed by atoms with van der Waals surface area (Å²) in [7, 11) is 0. The monoisotopic (exact) mass is 237 g/mol. The van der Waals surface area contributed by atoms with Gasteiger partial charge in [0.15, 0.2) is 0 Å². The minimum atomic E-state index is -0.471. The molecule has 0 heterocycles. The number of esters is 1. The Labute approximate surface area is 99.5 Å². The first-order valence-electron chi connectivity index (χ1n) is 5.35. The van der Waals surface area contributed by atoms with Gasteiger partial charge in [0.25, 0.3) is 5.69 Å². The molecule has 17 heavy (non-hydrogen) atoms. The lowest BCUT2D eigenvalue weighted by atomic mass is 10.0. The molecular formula is C12H15NO4. The molecule has 5 nitrogen and oxygen atoms in total. The third-order valence-corrected chi connectivity index (χ3v) is 2.53. The lowest BCUT2D eigenvalue weighted by Crippen LogP contribution is -2.09. The van der Waals surface area contributed by atoms with Gasteiger partial charge in [-0.1, -0.05) is 0 Å². The summed E-state index contributed by atoms with van der Waals surface area (Å²) >= 11 is 0. The second kappa shape index (κ2) is 5.43. The van der Waals surface area contributed by atoms with Crippen molar-refractivity contribution in [3.63, 3.8) is 0 Å². The number of nitro benzene ring substituents is 1. The standard InChI is InChI=1S/C12H15NO4/c1-4-17-12(14)7-10-5-8(2)9(3)6-11(10)13(15)16/h5-6H,4,7H2,1-3H3. The number of hydrogen-bond donors (Lipinski definition) is 0. The van der Waals surface area contributed by atoms with E-state index in [9.17, 15) is 14.9 Å². The third-order valence-electron chi connectivity index (χ3n) is 2.53. The molecule has 0 aromatic heterocycles. The molecule has 92 valence electrons. The zero-order chi connectivity index (χ0) is 13.0. The number of rotatable bonds is 4. The topological polar surface area (TPSA) is 69.4 Å². The molecule has 0 amide bonds. The number of benzene rings is 1. The summed E-state index contributed by atoms with van der Waals surface area (Å²) < 4.78 is 4.79. The summed E-state index contributed by atoms with van der Waals surface area (Å²) in [5.41, 5.74) is 2.14. The van der Waals surface area contributed by atoms with Crippen LogP contribution in [0.5, 0.6) is 0 Å². The highest BCUT2D eigenvalue weighted by molar-refractivity contribution is 5.74. The molecule has 0 radical (unpaired) electrons. The van der Waals surface area contributed by atoms with Crippen molar-refractivity contribution in [3.05, 3.63) is 38.9 Å². The molecule has 1 aromatic carbocycles. The fraction of sp³-hybridized carbons (Fsp3) is 0.417. The van der Waals surface area contributed by atoms with Gasteiger partial charge in [-0.05, 0) is 38.0 Å². The van der Waals surface area contributed by atoms with Crippen LogP contribution in [0.1, 0.15) is 23.6 Å². The second-order valence-electron chi connectivity index (χ2n) is 3.80. The highest BCUT2D eigenvalue weighted by atomic mass is 16.6. The van der Waals surface area contributed by atoms with Crippen molar-refractivity contribution in [1.82, 2.24) is 0 Å². The van der Waals surface area contributed by atoms with Gasteiger partial charge in [-0.2, -0.15) is 0 Å². The van der Waals surface area contributed by atoms with Crippen molar-refractivity contribution in [2.75, 3.05) is 6.61 Å². The molecular weight excluding hydrogens is 222 g/mol. The van der Waals surface area contributed by atoms with Crippen molar-refractivity contribution in [2.24, 2.45) is 0 Å². The lowest BCUT2D eigenvalue weighted by Gasteiger charge is -2.06. The third kappa shape index (κ3) is 3.27. The van der Waals surface area contributed by atoms with Gasteiger partial charge in [-0.15, -0.1) is 0 Å². The number of nitro groups is 1. The van der Waals surface area contributed by atoms with E-state index >= 15 is 0 Å². The maximum absolute atomic E-state index is 11.3. The van der Waals surface area contributed by atoms with Gasteiger partial charge in [-0.25, -0.2) is 0 Å². The molecule has 0 spiro atoms. The van der Waals surface area contributed by atoms with Gasteiger partial charge in [0.05, 0.1) is 18.0 Å². The highest BCUT2D eigenvalue weighted by Crippen LogP contribution is 2.23. The van der Waals surface area contributed by atoms with Crippen LogP contribution in [0.3, 0.4) is 0 Å². The Morgan fingerprint density at radius 2 is 1.94 bits per heavy atom. The predicted molar refractivity (Wildman–Crippen MR) is 62.9 cm³/mol. The molecule has 0 saturated heterocycles. The summed E-state index contributed by atoms with van der Waals surface area (Å²) in [5, 5.41) is 10.9. The summed E-state index contributed by atoms with van der Waals surface area (Å²) in [5.74, 6) is -0.446. The molecule has 1 aromatic rings. The molecule has 0 saturated carbocycles. The smallest absolute Gasteiger partial charge is 0.310 e. The van der Waals surface area contributed by atoms with E-state index in [1.807, 2.05) is 6.92 Å². The summed E-state index contributed by atoms with van der Waals surface area (Å²) in [4.78, 5) is 21.7. The van der Waals surface area contributed by atoms with Gasteiger partial charge < -0.3 is 4.74 Å². The Balaban J connectivity index is 3.08. The fourth-order valence-corrected chi connectivity index (χ4v) is 1.54. The van der Waals surface area contributed by atoms with Gasteiger partial charge in [0.2, 0.25) is 0 Å². The summed E-state index contributed by atoms with van der Waals surface area (Å²) in [6.07, 6.45) is -0.0642. The molecule has 0 unspecified atom stereocenters. The van der Waals surface area contributed by atoms with Crippen molar-refractivity contribution < 1.29 is 14.5 Å². The molecule has 5 heteroatoms. The maximum atomic E-state index is 11.3. The van der Waals surface area contributed by atoms with Crippen LogP contribution in [0.4, 0.5) is 5.69 Å². The van der Waals surface area contributed by atoms with Crippen LogP contribution in [0, 0.1) is 24.0 Å². The Bertz CT molecular complexity index is 454. The first-order valence-corrected chi connectivity index (χ1v) is 5.35. The minimum absolute atomic E-state index is 0.0267. The molecule has 0 aliphatic rings. The second-order valence-corrected chi connectivity index (χ2v) is 3.80. The quantitative estimate of drug-likeness (QED) is 0.457. The largest absolute Gasteiger partial charge is 0.466 e. The molecule has 0 N–H and O–H groups in total. The molecule has 0 aliphatic carbocycles. The molecule has 0 bridgehead atoms. The number of carbonyl (C=O) groups is 1. The van der Waals surface area contributed by atoms with Crippen molar-refractivity contribution >= 4 is 11.7 Å². The van der Waals surface area contributed by atoms with E-state index < -0.39 is 10.9 Å². The molecule has 1 rings (SSSR count). The van der Waals surface area contributed by atoms with Crippen molar-refractivity contribution in [1.29, 1.82) is 0 Å². The number of nitrogens with zero attached hydrogens (tertiary/aromatic N) is 1. The van der Waals surface area contributed by atoms with Crippen LogP contribution in [0.25, 0.3) is 0 Å². The van der Waals surface area contributed by atoms with E-state index in [-0.39, 0.29) is 18.7 Å². The summed E-state index contributed by atoms with van der Waals surface area (Å²) in [6, 6.07) is 3.16. The average Bonchev–Trinajstić information content (AvgIpc) is 2.23. The van der Waals surface area contributed by atoms with Crippen LogP contribution in [0.2, 0.25) is 0 Å². The van der Waals surface area contributed by atoms with Crippen LogP contribution in [-0.2, 0) is 16.0 Å². The minimum Gasteiger partial charge on any atom is -0.466 e. The predicted octanol–water partition coefficient (Wildman–Crippen LogP) is 2.32. The van der Waals surface area contributed by atoms with E-state index in [1.165, 1.54) is 6.07 Å². The lowest BCUT2D eigenvalue weighted by molar-refractivity contribution is -0.385. The van der Waals surface area contributed by atoms with E-state index in [4.69, 9.17) is 4.74 Å². The Morgan fingerprint density at radius 1 is 1.35 bits per heavy atom. The SMILES string of the molecule is CCOC(=O)Cc1cc(C)c(C)cc1[N+](=O)[O-]. The van der Waals surface area contributed by atoms with E-state index in [2.05, 4.69) is 0 Å². The van der Waals surface area contributed by atoms with Crippen molar-refractivity contribution in [2.45, 2.75) is 27.2 Å². The number of ether oxygens (including phenoxy) is 1. The van der Waals surface area contributed by atoms with E-state index in [0.29, 0.717) is 5.56 Å². The van der Waals surface area contributed by atoms with Crippen LogP contribution in [-0.4, -0.2) is 17.5 Å². The molecule has 0 fully saturated rings. The highest BCUT2D eigenvalue weighted by Gasteiger charge is 2.18. The Hall–Kier alpha value is -1.91. The average molecular weight is 237 g/mol. The number of hydrogen-bond acceptors (Lipinski definition) is 4. The van der Waals surface area contributed by atoms with Gasteiger partial charge >= 0.3 is 5.97 Å². The van der Waals surface area contributed by atoms with Gasteiger partial charge in [0.1, 0.15) is 0 Å². The number of aryl methyl sites for hydroxylation is 2. The van der Waals surface area contributed by atoms with Gasteiger partial charge in [-0.3, -0.25) is 14.9 Å². The Morgan fingerprint density at radius 3 is 2.47 bits per heavy atom. The Kier molecular flexibility index (Phi) is 4.20. The zero-order valence-electron chi connectivity index (χ0n) is 10.1. The van der Waals surface area contributed by atoms with E-state index in [1.54, 1.807) is 19.9 Å². The van der Waals surface area contributed by atoms with Crippen LogP contribution >= 0.6 is 0 Å². The van der Waals surface area contributed by atoms with E-state index in [0.717, 1.165) is 11.1 Å². The first kappa shape index (κ1) is 13.2. The van der Waals surface area contributed by atoms with Crippen molar-refractivity contribution in [3.8, 4) is 0 Å². The van der Waals surface area contributed by atoms with Gasteiger partial charge in [0, 0.05) is 11.6 Å². The van der Waals surface area contributed by atoms with Crippen LogP contribution < -0.4 is 0 Å². The number of carbonyl (C=O) groups excluding carboxylic acids is 1. The maximum Gasteiger partial charge on any atom is 0.310 e. The molecule has 0 atom stereocenters. The summed E-state index contributed by atoms with van der Waals surface area (Å²) in [6.45, 7) is 5.63.